The number of hydrogen-bond donors (Lipinski definition) is 2. The average Bonchev–Trinajstić information content (AvgIpc) is 2.81. The smallest absolute Gasteiger partial charge is 0.387 e. The minimum Gasteiger partial charge on any atom is -0.481 e. The molecule has 1 atom stereocenters. The molecule has 0 radical (unpaired) electrons. The minimum absolute atomic E-state index is 0.0878. The van der Waals surface area contributed by atoms with Gasteiger partial charge in [0.05, 0.1) is 18.2 Å². The lowest BCUT2D eigenvalue weighted by atomic mass is 10.2. The maximum Gasteiger partial charge on any atom is 0.387 e. The Balaban J connectivity index is 2.12. The molecule has 0 spiro atoms. The molecular formula is C13H10BrF2N3O4S. The molecule has 1 aromatic carbocycles. The van der Waals surface area contributed by atoms with Gasteiger partial charge in [-0.2, -0.15) is 13.9 Å². The van der Waals surface area contributed by atoms with Gasteiger partial charge in [0, 0.05) is 4.47 Å². The Hall–Kier alpha value is -2.01. The fourth-order valence-corrected chi connectivity index (χ4v) is 3.09. The number of rotatable bonds is 6. The number of thioether (sulfide) groups is 1. The molecular weight excluding hydrogens is 412 g/mol. The highest BCUT2D eigenvalue weighted by Gasteiger charge is 2.32. The van der Waals surface area contributed by atoms with E-state index in [0.717, 1.165) is 11.8 Å². The van der Waals surface area contributed by atoms with Gasteiger partial charge in [0.2, 0.25) is 5.91 Å². The second kappa shape index (κ2) is 8.20. The quantitative estimate of drug-likeness (QED) is 0.542. The number of carbonyl (C=O) groups excluding carboxylic acids is 1. The van der Waals surface area contributed by atoms with Gasteiger partial charge in [0.1, 0.15) is 11.0 Å². The molecule has 1 saturated heterocycles. The van der Waals surface area contributed by atoms with Crippen LogP contribution in [0.25, 0.3) is 0 Å². The monoisotopic (exact) mass is 421 g/mol. The lowest BCUT2D eigenvalue weighted by molar-refractivity contribution is -0.138. The highest BCUT2D eigenvalue weighted by atomic mass is 79.9. The van der Waals surface area contributed by atoms with Gasteiger partial charge in [-0.15, -0.1) is 5.10 Å². The van der Waals surface area contributed by atoms with Gasteiger partial charge in [-0.25, -0.2) is 0 Å². The van der Waals surface area contributed by atoms with E-state index < -0.39 is 23.7 Å². The summed E-state index contributed by atoms with van der Waals surface area (Å²) in [5.41, 5.74) is 0.249. The van der Waals surface area contributed by atoms with Gasteiger partial charge >= 0.3 is 12.6 Å². The highest BCUT2D eigenvalue weighted by Crippen LogP contribution is 2.27. The maximum absolute atomic E-state index is 12.4. The van der Waals surface area contributed by atoms with Crippen LogP contribution in [-0.2, 0) is 9.59 Å². The molecule has 2 rings (SSSR count). The maximum atomic E-state index is 12.4. The second-order valence-electron chi connectivity index (χ2n) is 4.37. The molecule has 1 unspecified atom stereocenters. The zero-order valence-corrected chi connectivity index (χ0v) is 14.2. The van der Waals surface area contributed by atoms with Crippen molar-refractivity contribution in [3.63, 3.8) is 0 Å². The number of ether oxygens (including phenoxy) is 1. The van der Waals surface area contributed by atoms with Crippen molar-refractivity contribution in [2.45, 2.75) is 18.3 Å². The van der Waals surface area contributed by atoms with Crippen LogP contribution in [0.4, 0.5) is 8.78 Å². The van der Waals surface area contributed by atoms with Crippen LogP contribution in [0.2, 0.25) is 0 Å². The van der Waals surface area contributed by atoms with Gasteiger partial charge < -0.3 is 15.2 Å². The average molecular weight is 422 g/mol. The van der Waals surface area contributed by atoms with E-state index in [4.69, 9.17) is 5.11 Å². The normalized spacial score (nSPS) is 19.2. The molecule has 0 saturated carbocycles. The Bertz CT molecular complexity index is 714. The molecule has 1 heterocycles. The Morgan fingerprint density at radius 2 is 2.29 bits per heavy atom. The zero-order valence-electron chi connectivity index (χ0n) is 11.8. The van der Waals surface area contributed by atoms with Crippen molar-refractivity contribution in [3.8, 4) is 5.75 Å². The Labute approximate surface area is 147 Å². The van der Waals surface area contributed by atoms with Gasteiger partial charge in [0.15, 0.2) is 5.17 Å². The molecule has 2 N–H and O–H groups in total. The number of carboxylic acid groups (broad SMARTS) is 1. The summed E-state index contributed by atoms with van der Waals surface area (Å²) in [7, 11) is 0. The van der Waals surface area contributed by atoms with Crippen LogP contribution in [0.15, 0.2) is 32.9 Å². The first-order valence-electron chi connectivity index (χ1n) is 6.40. The van der Waals surface area contributed by atoms with E-state index in [1.165, 1.54) is 18.3 Å². The molecule has 0 bridgehead atoms. The first-order chi connectivity index (χ1) is 11.4. The largest absolute Gasteiger partial charge is 0.481 e. The van der Waals surface area contributed by atoms with E-state index in [-0.39, 0.29) is 22.9 Å². The number of aliphatic carboxylic acids is 1. The number of amidine groups is 1. The predicted molar refractivity (Wildman–Crippen MR) is 87.6 cm³/mol. The standard InChI is InChI=1S/C13H10BrF2N3O4S/c14-7-2-1-3-8(23-12(15)16)6(7)5-17-19-13-18-11(22)9(24-13)4-10(20)21/h1-3,5,9,12H,4H2,(H,20,21)(H,18,19,22). The van der Waals surface area contributed by atoms with Crippen LogP contribution in [0.3, 0.4) is 0 Å². The number of nitrogens with one attached hydrogen (secondary N) is 1. The lowest BCUT2D eigenvalue weighted by Gasteiger charge is -2.08. The van der Waals surface area contributed by atoms with Crippen LogP contribution >= 0.6 is 27.7 Å². The molecule has 1 aliphatic rings. The number of halogens is 3. The van der Waals surface area contributed by atoms with E-state index in [9.17, 15) is 18.4 Å². The molecule has 128 valence electrons. The fourth-order valence-electron chi connectivity index (χ4n) is 1.73. The van der Waals surface area contributed by atoms with Crippen LogP contribution in [0.1, 0.15) is 12.0 Å². The molecule has 0 aliphatic carbocycles. The predicted octanol–water partition coefficient (Wildman–Crippen LogP) is 2.45. The van der Waals surface area contributed by atoms with Crippen LogP contribution < -0.4 is 10.1 Å². The van der Waals surface area contributed by atoms with Crippen LogP contribution in [-0.4, -0.2) is 40.2 Å². The number of nitrogens with zero attached hydrogens (tertiary/aromatic N) is 2. The van der Waals surface area contributed by atoms with Crippen molar-refractivity contribution in [2.75, 3.05) is 0 Å². The van der Waals surface area contributed by atoms with Gasteiger partial charge in [-0.05, 0) is 28.1 Å². The number of alkyl halides is 2. The first kappa shape index (κ1) is 18.3. The molecule has 1 fully saturated rings. The SMILES string of the molecule is O=C(O)CC1SC(=NN=Cc2c(Br)cccc2OC(F)F)NC1=O. The van der Waals surface area contributed by atoms with Crippen LogP contribution in [0.5, 0.6) is 5.75 Å². The van der Waals surface area contributed by atoms with Crippen molar-refractivity contribution in [3.05, 3.63) is 28.2 Å². The molecule has 1 amide bonds. The topological polar surface area (TPSA) is 100 Å². The molecule has 1 aromatic rings. The summed E-state index contributed by atoms with van der Waals surface area (Å²) in [5.74, 6) is -1.66. The highest BCUT2D eigenvalue weighted by molar-refractivity contribution is 9.10. The van der Waals surface area contributed by atoms with Crippen molar-refractivity contribution in [2.24, 2.45) is 10.2 Å². The van der Waals surface area contributed by atoms with E-state index in [1.54, 1.807) is 6.07 Å². The number of hydrogen-bond acceptors (Lipinski definition) is 6. The van der Waals surface area contributed by atoms with Crippen molar-refractivity contribution < 1.29 is 28.2 Å². The van der Waals surface area contributed by atoms with Crippen molar-refractivity contribution in [1.29, 1.82) is 0 Å². The molecule has 7 nitrogen and oxygen atoms in total. The van der Waals surface area contributed by atoms with Crippen LogP contribution in [0, 0.1) is 0 Å². The van der Waals surface area contributed by atoms with Crippen molar-refractivity contribution in [1.82, 2.24) is 5.32 Å². The third-order valence-electron chi connectivity index (χ3n) is 2.70. The second-order valence-corrected chi connectivity index (χ2v) is 6.42. The zero-order chi connectivity index (χ0) is 17.7. The van der Waals surface area contributed by atoms with Gasteiger partial charge in [-0.3, -0.25) is 9.59 Å². The fraction of sp³-hybridized carbons (Fsp3) is 0.231. The lowest BCUT2D eigenvalue weighted by Crippen LogP contribution is -2.26. The molecule has 0 aromatic heterocycles. The van der Waals surface area contributed by atoms with Gasteiger partial charge in [0.25, 0.3) is 0 Å². The molecule has 1 aliphatic heterocycles. The third kappa shape index (κ3) is 4.99. The number of amides is 1. The summed E-state index contributed by atoms with van der Waals surface area (Å²) in [6.07, 6.45) is 0.849. The molecule has 11 heteroatoms. The third-order valence-corrected chi connectivity index (χ3v) is 4.46. The Morgan fingerprint density at radius 3 is 2.96 bits per heavy atom. The first-order valence-corrected chi connectivity index (χ1v) is 8.07. The number of carbonyl (C=O) groups is 2. The van der Waals surface area contributed by atoms with E-state index in [0.29, 0.717) is 4.47 Å². The van der Waals surface area contributed by atoms with Crippen molar-refractivity contribution >= 4 is 51.0 Å². The summed E-state index contributed by atoms with van der Waals surface area (Å²) in [6.45, 7) is -2.99. The summed E-state index contributed by atoms with van der Waals surface area (Å²) in [6, 6.07) is 4.48. The Morgan fingerprint density at radius 1 is 1.54 bits per heavy atom. The minimum atomic E-state index is -2.99. The Kier molecular flexibility index (Phi) is 6.26. The summed E-state index contributed by atoms with van der Waals surface area (Å²) in [5, 5.41) is 17.9. The number of carboxylic acids is 1. The van der Waals surface area contributed by atoms with E-state index in [2.05, 4.69) is 36.2 Å². The summed E-state index contributed by atoms with van der Waals surface area (Å²) in [4.78, 5) is 22.2. The van der Waals surface area contributed by atoms with E-state index >= 15 is 0 Å². The summed E-state index contributed by atoms with van der Waals surface area (Å²) < 4.78 is 29.6. The van der Waals surface area contributed by atoms with Gasteiger partial charge in [-0.1, -0.05) is 17.8 Å². The van der Waals surface area contributed by atoms with E-state index in [1.807, 2.05) is 0 Å². The number of benzene rings is 1. The molecule has 24 heavy (non-hydrogen) atoms. The summed E-state index contributed by atoms with van der Waals surface area (Å²) >= 11 is 4.13.